The van der Waals surface area contributed by atoms with Gasteiger partial charge in [0.1, 0.15) is 36.9 Å². The number of hydrogen-bond donors (Lipinski definition) is 2. The number of phenols is 2. The highest BCUT2D eigenvalue weighted by molar-refractivity contribution is 9.10. The van der Waals surface area contributed by atoms with Crippen LogP contribution in [0.25, 0.3) is 0 Å². The van der Waals surface area contributed by atoms with Crippen molar-refractivity contribution < 1.29 is 29.2 Å². The van der Waals surface area contributed by atoms with Gasteiger partial charge in [-0.1, -0.05) is 15.9 Å². The maximum absolute atomic E-state index is 12.0. The molecule has 0 aromatic heterocycles. The van der Waals surface area contributed by atoms with Gasteiger partial charge in [0.15, 0.2) is 11.5 Å². The monoisotopic (exact) mass is 380 g/mol. The van der Waals surface area contributed by atoms with E-state index >= 15 is 0 Å². The molecule has 0 saturated carbocycles. The number of rotatable bonds is 3. The second kappa shape index (κ2) is 6.37. The Balaban J connectivity index is 1.74. The Kier molecular flexibility index (Phi) is 4.29. The second-order valence-electron chi connectivity index (χ2n) is 4.86. The lowest BCUT2D eigenvalue weighted by Crippen LogP contribution is -2.15. The fraction of sp³-hybridized carbons (Fsp3) is 0.188. The first-order chi connectivity index (χ1) is 11.0. The fourth-order valence-corrected chi connectivity index (χ4v) is 2.57. The zero-order chi connectivity index (χ0) is 16.4. The minimum atomic E-state index is -0.690. The highest BCUT2D eigenvalue weighted by Gasteiger charge is 2.17. The van der Waals surface area contributed by atoms with Crippen LogP contribution in [-0.2, 0) is 11.3 Å². The molecule has 2 N–H and O–H groups in total. The van der Waals surface area contributed by atoms with E-state index in [-0.39, 0.29) is 23.7 Å². The summed E-state index contributed by atoms with van der Waals surface area (Å²) < 4.78 is 16.9. The number of phenolic OH excluding ortho intramolecular Hbond substituents is 2. The topological polar surface area (TPSA) is 85.2 Å². The minimum absolute atomic E-state index is 0.00360. The maximum Gasteiger partial charge on any atom is 0.342 e. The molecule has 2 aromatic rings. The first kappa shape index (κ1) is 15.5. The Hall–Kier alpha value is -2.41. The average Bonchev–Trinajstić information content (AvgIpc) is 2.52. The Morgan fingerprint density at radius 3 is 2.52 bits per heavy atom. The van der Waals surface area contributed by atoms with Gasteiger partial charge >= 0.3 is 5.97 Å². The van der Waals surface area contributed by atoms with E-state index in [1.165, 1.54) is 12.1 Å². The lowest BCUT2D eigenvalue weighted by molar-refractivity contribution is 0.0468. The van der Waals surface area contributed by atoms with Crippen molar-refractivity contribution in [2.24, 2.45) is 0 Å². The van der Waals surface area contributed by atoms with Gasteiger partial charge in [-0.25, -0.2) is 4.79 Å². The summed E-state index contributed by atoms with van der Waals surface area (Å²) in [4.78, 5) is 12.0. The van der Waals surface area contributed by atoms with Gasteiger partial charge in [0.25, 0.3) is 0 Å². The number of benzene rings is 2. The average molecular weight is 381 g/mol. The molecule has 0 fully saturated rings. The zero-order valence-electron chi connectivity index (χ0n) is 11.9. The van der Waals surface area contributed by atoms with Crippen LogP contribution in [0.2, 0.25) is 0 Å². The molecule has 0 aliphatic carbocycles. The van der Waals surface area contributed by atoms with Crippen LogP contribution in [-0.4, -0.2) is 29.4 Å². The van der Waals surface area contributed by atoms with Gasteiger partial charge in [0, 0.05) is 16.1 Å². The molecule has 0 unspecified atom stereocenters. The van der Waals surface area contributed by atoms with E-state index in [9.17, 15) is 15.0 Å². The fourth-order valence-electron chi connectivity index (χ4n) is 2.13. The predicted octanol–water partition coefficient (Wildman–Crippen LogP) is 2.99. The molecular formula is C16H13BrO6. The van der Waals surface area contributed by atoms with Crippen LogP contribution in [0.1, 0.15) is 15.9 Å². The molecule has 0 bridgehead atoms. The van der Waals surface area contributed by atoms with Crippen LogP contribution in [0, 0.1) is 0 Å². The highest BCUT2D eigenvalue weighted by Crippen LogP contribution is 2.36. The molecule has 23 heavy (non-hydrogen) atoms. The molecule has 6 nitrogen and oxygen atoms in total. The SMILES string of the molecule is O=C(OCc1cc2c(cc1Br)OCCO2)c1ccc(O)cc1O. The summed E-state index contributed by atoms with van der Waals surface area (Å²) in [6.07, 6.45) is 0. The molecule has 0 amide bonds. The van der Waals surface area contributed by atoms with Crippen LogP contribution in [0.3, 0.4) is 0 Å². The predicted molar refractivity (Wildman–Crippen MR) is 84.0 cm³/mol. The van der Waals surface area contributed by atoms with Crippen molar-refractivity contribution in [3.8, 4) is 23.0 Å². The first-order valence-electron chi connectivity index (χ1n) is 6.82. The van der Waals surface area contributed by atoms with Crippen molar-refractivity contribution in [3.63, 3.8) is 0 Å². The van der Waals surface area contributed by atoms with Crippen LogP contribution in [0.15, 0.2) is 34.8 Å². The van der Waals surface area contributed by atoms with Crippen molar-refractivity contribution >= 4 is 21.9 Å². The molecule has 7 heteroatoms. The number of esters is 1. The van der Waals surface area contributed by atoms with Gasteiger partial charge in [0.2, 0.25) is 0 Å². The minimum Gasteiger partial charge on any atom is -0.508 e. The maximum atomic E-state index is 12.0. The van der Waals surface area contributed by atoms with Crippen molar-refractivity contribution in [1.29, 1.82) is 0 Å². The standard InChI is InChI=1S/C16H13BrO6/c17-12-7-15-14(21-3-4-22-15)5-9(12)8-23-16(20)11-2-1-10(18)6-13(11)19/h1-2,5-7,18-19H,3-4,8H2. The van der Waals surface area contributed by atoms with E-state index in [1.807, 2.05) is 0 Å². The van der Waals surface area contributed by atoms with Gasteiger partial charge in [-0.3, -0.25) is 0 Å². The summed E-state index contributed by atoms with van der Waals surface area (Å²) in [6.45, 7) is 0.958. The molecule has 120 valence electrons. The summed E-state index contributed by atoms with van der Waals surface area (Å²) in [5.41, 5.74) is 0.692. The summed E-state index contributed by atoms with van der Waals surface area (Å²) in [6, 6.07) is 7.18. The number of halogens is 1. The van der Waals surface area contributed by atoms with E-state index in [2.05, 4.69) is 15.9 Å². The summed E-state index contributed by atoms with van der Waals surface area (Å²) in [7, 11) is 0. The van der Waals surface area contributed by atoms with Crippen molar-refractivity contribution in [3.05, 3.63) is 45.9 Å². The van der Waals surface area contributed by atoms with Crippen molar-refractivity contribution in [2.45, 2.75) is 6.61 Å². The summed E-state index contributed by atoms with van der Waals surface area (Å²) >= 11 is 3.40. The number of carbonyl (C=O) groups excluding carboxylic acids is 1. The van der Waals surface area contributed by atoms with Gasteiger partial charge in [-0.05, 0) is 24.3 Å². The highest BCUT2D eigenvalue weighted by atomic mass is 79.9. The number of fused-ring (bicyclic) bond motifs is 1. The van der Waals surface area contributed by atoms with Crippen LogP contribution in [0.5, 0.6) is 23.0 Å². The van der Waals surface area contributed by atoms with Crippen molar-refractivity contribution in [1.82, 2.24) is 0 Å². The van der Waals surface area contributed by atoms with Gasteiger partial charge in [-0.2, -0.15) is 0 Å². The van der Waals surface area contributed by atoms with Crippen molar-refractivity contribution in [2.75, 3.05) is 13.2 Å². The lowest BCUT2D eigenvalue weighted by atomic mass is 10.2. The third-order valence-electron chi connectivity index (χ3n) is 3.27. The molecule has 0 atom stereocenters. The molecule has 1 heterocycles. The Morgan fingerprint density at radius 2 is 1.83 bits per heavy atom. The summed E-state index contributed by atoms with van der Waals surface area (Å²) in [5.74, 6) is 0.0709. The molecule has 1 aliphatic rings. The van der Waals surface area contributed by atoms with E-state index in [0.29, 0.717) is 30.3 Å². The summed E-state index contributed by atoms with van der Waals surface area (Å²) in [5, 5.41) is 18.9. The zero-order valence-corrected chi connectivity index (χ0v) is 13.5. The Morgan fingerprint density at radius 1 is 1.13 bits per heavy atom. The molecule has 1 aliphatic heterocycles. The van der Waals surface area contributed by atoms with Gasteiger partial charge < -0.3 is 24.4 Å². The van der Waals surface area contributed by atoms with E-state index in [0.717, 1.165) is 10.5 Å². The number of carbonyl (C=O) groups is 1. The Bertz CT molecular complexity index is 758. The number of aromatic hydroxyl groups is 2. The van der Waals surface area contributed by atoms with E-state index in [1.54, 1.807) is 12.1 Å². The quantitative estimate of drug-likeness (QED) is 0.796. The number of ether oxygens (including phenoxy) is 3. The van der Waals surface area contributed by atoms with Crippen LogP contribution in [0.4, 0.5) is 0 Å². The third-order valence-corrected chi connectivity index (χ3v) is 4.01. The molecule has 2 aromatic carbocycles. The van der Waals surface area contributed by atoms with Gasteiger partial charge in [0.05, 0.1) is 0 Å². The Labute approximate surface area is 140 Å². The molecule has 0 spiro atoms. The largest absolute Gasteiger partial charge is 0.508 e. The molecule has 0 saturated heterocycles. The normalized spacial score (nSPS) is 12.7. The molecular weight excluding hydrogens is 368 g/mol. The number of hydrogen-bond acceptors (Lipinski definition) is 6. The second-order valence-corrected chi connectivity index (χ2v) is 5.72. The lowest BCUT2D eigenvalue weighted by Gasteiger charge is -2.20. The molecule has 3 rings (SSSR count). The molecule has 0 radical (unpaired) electrons. The van der Waals surface area contributed by atoms with E-state index in [4.69, 9.17) is 14.2 Å². The first-order valence-corrected chi connectivity index (χ1v) is 7.61. The van der Waals surface area contributed by atoms with E-state index < -0.39 is 5.97 Å². The van der Waals surface area contributed by atoms with Gasteiger partial charge in [-0.15, -0.1) is 0 Å². The smallest absolute Gasteiger partial charge is 0.342 e. The van der Waals surface area contributed by atoms with Crippen LogP contribution >= 0.6 is 15.9 Å². The third kappa shape index (κ3) is 3.34. The van der Waals surface area contributed by atoms with Crippen LogP contribution < -0.4 is 9.47 Å².